The third-order valence-corrected chi connectivity index (χ3v) is 10.2. The molecule has 0 amide bonds. The van der Waals surface area contributed by atoms with Gasteiger partial charge in [-0.15, -0.1) is 0 Å². The molecule has 0 unspecified atom stereocenters. The molecule has 0 fully saturated rings. The molecule has 0 atom stereocenters. The highest BCUT2D eigenvalue weighted by molar-refractivity contribution is 5.86. The van der Waals surface area contributed by atoms with E-state index >= 15 is 0 Å². The Morgan fingerprint density at radius 2 is 0.755 bits per heavy atom. The van der Waals surface area contributed by atoms with Crippen LogP contribution >= 0.6 is 0 Å². The summed E-state index contributed by atoms with van der Waals surface area (Å²) in [5.74, 6) is 0. The fourth-order valence-corrected chi connectivity index (χ4v) is 7.30. The molecule has 0 spiro atoms. The average Bonchev–Trinajstić information content (AvgIpc) is 3.38. The molecule has 1 aliphatic rings. The van der Waals surface area contributed by atoms with Crippen molar-refractivity contribution in [2.75, 3.05) is 16.8 Å². The summed E-state index contributed by atoms with van der Waals surface area (Å²) in [6.45, 7) is 6.86. The molecule has 7 aromatic carbocycles. The van der Waals surface area contributed by atoms with Gasteiger partial charge in [-0.3, -0.25) is 0 Å². The van der Waals surface area contributed by atoms with Crippen LogP contribution in [0.1, 0.15) is 30.5 Å². The van der Waals surface area contributed by atoms with Gasteiger partial charge in [0.2, 0.25) is 0 Å². The van der Waals surface area contributed by atoms with Crippen molar-refractivity contribution < 1.29 is 0 Å². The number of rotatable bonds is 7. The molecule has 0 saturated heterocycles. The topological polar surface area (TPSA) is 6.48 Å². The highest BCUT2D eigenvalue weighted by Gasteiger charge is 2.36. The summed E-state index contributed by atoms with van der Waals surface area (Å²) in [5, 5.41) is 0. The molecule has 0 bridgehead atoms. The predicted molar refractivity (Wildman–Crippen MR) is 209 cm³/mol. The van der Waals surface area contributed by atoms with E-state index in [0.717, 1.165) is 17.1 Å². The summed E-state index contributed by atoms with van der Waals surface area (Å²) < 4.78 is 0. The molecule has 2 nitrogen and oxygen atoms in total. The van der Waals surface area contributed by atoms with Gasteiger partial charge in [-0.25, -0.2) is 0 Å². The van der Waals surface area contributed by atoms with Crippen LogP contribution in [0.5, 0.6) is 0 Å². The third kappa shape index (κ3) is 5.60. The first kappa shape index (κ1) is 30.5. The SMILES string of the molecule is Cc1ccc(N(c2ccccc2)c2ccc(-c3ccc4c(c3)C(C)(C)c3cc(-c5ccc(N(C)c6ccccc6)cc5)ccc3-4)cc2)cc1. The Hall–Kier alpha value is -5.86. The first-order valence-electron chi connectivity index (χ1n) is 17.1. The zero-order valence-electron chi connectivity index (χ0n) is 28.6. The number of hydrogen-bond acceptors (Lipinski definition) is 2. The van der Waals surface area contributed by atoms with E-state index in [4.69, 9.17) is 0 Å². The van der Waals surface area contributed by atoms with E-state index in [1.807, 2.05) is 0 Å². The van der Waals surface area contributed by atoms with Crippen molar-refractivity contribution in [3.8, 4) is 33.4 Å². The first-order valence-corrected chi connectivity index (χ1v) is 17.1. The van der Waals surface area contributed by atoms with Gasteiger partial charge in [-0.1, -0.05) is 116 Å². The van der Waals surface area contributed by atoms with Gasteiger partial charge in [0.15, 0.2) is 0 Å². The van der Waals surface area contributed by atoms with Crippen molar-refractivity contribution in [1.29, 1.82) is 0 Å². The number of anilines is 5. The van der Waals surface area contributed by atoms with E-state index in [1.165, 1.54) is 61.4 Å². The number of aryl methyl sites for hydroxylation is 1. The first-order chi connectivity index (χ1) is 23.9. The summed E-state index contributed by atoms with van der Waals surface area (Å²) in [6, 6.07) is 61.8. The number of nitrogens with zero attached hydrogens (tertiary/aromatic N) is 2. The fourth-order valence-electron chi connectivity index (χ4n) is 7.30. The lowest BCUT2D eigenvalue weighted by Gasteiger charge is -2.26. The molecule has 0 aliphatic heterocycles. The minimum Gasteiger partial charge on any atom is -0.345 e. The van der Waals surface area contributed by atoms with E-state index in [2.05, 4.69) is 207 Å². The van der Waals surface area contributed by atoms with E-state index in [9.17, 15) is 0 Å². The van der Waals surface area contributed by atoms with Crippen LogP contribution in [0.2, 0.25) is 0 Å². The van der Waals surface area contributed by atoms with Crippen LogP contribution in [0.15, 0.2) is 170 Å². The number of benzene rings is 7. The number of fused-ring (bicyclic) bond motifs is 3. The molecule has 7 aromatic rings. The Balaban J connectivity index is 1.07. The number of para-hydroxylation sites is 2. The van der Waals surface area contributed by atoms with Crippen LogP contribution in [-0.4, -0.2) is 7.05 Å². The average molecular weight is 633 g/mol. The van der Waals surface area contributed by atoms with Crippen LogP contribution in [0, 0.1) is 6.92 Å². The second-order valence-electron chi connectivity index (χ2n) is 13.6. The minimum absolute atomic E-state index is 0.111. The second-order valence-corrected chi connectivity index (χ2v) is 13.6. The van der Waals surface area contributed by atoms with Gasteiger partial charge in [0, 0.05) is 40.9 Å². The molecule has 1 aliphatic carbocycles. The fraction of sp³-hybridized carbons (Fsp3) is 0.106. The van der Waals surface area contributed by atoms with Gasteiger partial charge in [0.05, 0.1) is 0 Å². The highest BCUT2D eigenvalue weighted by Crippen LogP contribution is 2.51. The second kappa shape index (κ2) is 12.3. The predicted octanol–water partition coefficient (Wildman–Crippen LogP) is 12.9. The Bertz CT molecular complexity index is 2230. The van der Waals surface area contributed by atoms with Crippen molar-refractivity contribution in [2.24, 2.45) is 0 Å². The summed E-state index contributed by atoms with van der Waals surface area (Å²) in [5.41, 5.74) is 17.3. The lowest BCUT2D eigenvalue weighted by molar-refractivity contribution is 0.661. The maximum Gasteiger partial charge on any atom is 0.0462 e. The van der Waals surface area contributed by atoms with E-state index in [0.29, 0.717) is 0 Å². The summed E-state index contributed by atoms with van der Waals surface area (Å²) >= 11 is 0. The molecular formula is C47H40N2. The van der Waals surface area contributed by atoms with Gasteiger partial charge in [0.25, 0.3) is 0 Å². The molecule has 0 saturated carbocycles. The van der Waals surface area contributed by atoms with Gasteiger partial charge in [-0.05, 0) is 124 Å². The Morgan fingerprint density at radius 1 is 0.388 bits per heavy atom. The lowest BCUT2D eigenvalue weighted by atomic mass is 9.81. The van der Waals surface area contributed by atoms with Gasteiger partial charge in [0.1, 0.15) is 0 Å². The Labute approximate surface area is 290 Å². The third-order valence-electron chi connectivity index (χ3n) is 10.2. The highest BCUT2D eigenvalue weighted by atomic mass is 15.1. The molecule has 49 heavy (non-hydrogen) atoms. The summed E-state index contributed by atoms with van der Waals surface area (Å²) in [6.07, 6.45) is 0. The van der Waals surface area contributed by atoms with Crippen LogP contribution in [-0.2, 0) is 5.41 Å². The standard InChI is InChI=1S/C47H40N2/c1-33-15-23-41(24-16-33)49(40-13-9-6-10-14-40)42-27-19-35(20-28-42)37-22-30-44-43-29-21-36(31-45(43)47(2,3)46(44)32-37)34-17-25-39(26-18-34)48(4)38-11-7-5-8-12-38/h5-32H,1-4H3. The Morgan fingerprint density at radius 3 is 1.24 bits per heavy atom. The van der Waals surface area contributed by atoms with Gasteiger partial charge < -0.3 is 9.80 Å². The molecule has 0 N–H and O–H groups in total. The molecule has 0 radical (unpaired) electrons. The van der Waals surface area contributed by atoms with Crippen molar-refractivity contribution in [2.45, 2.75) is 26.2 Å². The van der Waals surface area contributed by atoms with Crippen LogP contribution in [0.25, 0.3) is 33.4 Å². The van der Waals surface area contributed by atoms with E-state index in [-0.39, 0.29) is 5.41 Å². The van der Waals surface area contributed by atoms with Crippen molar-refractivity contribution in [3.63, 3.8) is 0 Å². The zero-order chi connectivity index (χ0) is 33.5. The van der Waals surface area contributed by atoms with E-state index < -0.39 is 0 Å². The molecule has 0 heterocycles. The van der Waals surface area contributed by atoms with Gasteiger partial charge in [-0.2, -0.15) is 0 Å². The molecule has 8 rings (SSSR count). The normalized spacial score (nSPS) is 12.7. The zero-order valence-corrected chi connectivity index (χ0v) is 28.6. The summed E-state index contributed by atoms with van der Waals surface area (Å²) in [4.78, 5) is 4.54. The van der Waals surface area contributed by atoms with Crippen molar-refractivity contribution in [3.05, 3.63) is 187 Å². The van der Waals surface area contributed by atoms with Crippen LogP contribution in [0.4, 0.5) is 28.4 Å². The lowest BCUT2D eigenvalue weighted by Crippen LogP contribution is -2.15. The minimum atomic E-state index is -0.111. The van der Waals surface area contributed by atoms with Crippen molar-refractivity contribution >= 4 is 28.4 Å². The monoisotopic (exact) mass is 632 g/mol. The molecule has 238 valence electrons. The maximum absolute atomic E-state index is 2.41. The Kier molecular flexibility index (Phi) is 7.65. The molecule has 2 heteroatoms. The maximum atomic E-state index is 2.41. The summed E-state index contributed by atoms with van der Waals surface area (Å²) in [7, 11) is 2.12. The smallest absolute Gasteiger partial charge is 0.0462 e. The van der Waals surface area contributed by atoms with Crippen LogP contribution in [0.3, 0.4) is 0 Å². The largest absolute Gasteiger partial charge is 0.345 e. The van der Waals surface area contributed by atoms with Crippen LogP contribution < -0.4 is 9.80 Å². The molecular weight excluding hydrogens is 593 g/mol. The molecule has 0 aromatic heterocycles. The van der Waals surface area contributed by atoms with E-state index in [1.54, 1.807) is 0 Å². The van der Waals surface area contributed by atoms with Gasteiger partial charge >= 0.3 is 0 Å². The quantitative estimate of drug-likeness (QED) is 0.172. The number of hydrogen-bond donors (Lipinski definition) is 0. The van der Waals surface area contributed by atoms with Crippen molar-refractivity contribution in [1.82, 2.24) is 0 Å².